The summed E-state index contributed by atoms with van der Waals surface area (Å²) in [4.78, 5) is 25.6. The molecule has 4 N–H and O–H groups in total. The maximum atomic E-state index is 11.7. The summed E-state index contributed by atoms with van der Waals surface area (Å²) >= 11 is 0. The zero-order chi connectivity index (χ0) is 14.4. The summed E-state index contributed by atoms with van der Waals surface area (Å²) in [5, 5.41) is 2.91. The first-order chi connectivity index (χ1) is 9.01. The molecule has 0 saturated heterocycles. The standard InChI is InChI=1S/C12H18N4O3/c1-4-5-8(2)14-9-10(13)16(6-7-19-3)12(18)15-11(9)17/h1,8,14H,5-7,13H2,2-3H3,(H,15,17,18). The molecule has 7 heteroatoms. The number of nitrogen functional groups attached to an aromatic ring is 1. The van der Waals surface area contributed by atoms with Crippen molar-refractivity contribution >= 4 is 11.5 Å². The largest absolute Gasteiger partial charge is 0.383 e. The van der Waals surface area contributed by atoms with Gasteiger partial charge in [0.1, 0.15) is 11.5 Å². The first-order valence-corrected chi connectivity index (χ1v) is 5.82. The van der Waals surface area contributed by atoms with Crippen molar-refractivity contribution in [2.75, 3.05) is 24.8 Å². The molecule has 1 unspecified atom stereocenters. The van der Waals surface area contributed by atoms with Crippen LogP contribution in [0.1, 0.15) is 13.3 Å². The zero-order valence-electron chi connectivity index (χ0n) is 11.0. The average molecular weight is 266 g/mol. The van der Waals surface area contributed by atoms with Gasteiger partial charge in [-0.2, -0.15) is 0 Å². The van der Waals surface area contributed by atoms with Gasteiger partial charge >= 0.3 is 5.69 Å². The molecule has 1 aromatic heterocycles. The normalized spacial score (nSPS) is 11.8. The number of rotatable bonds is 6. The number of nitrogens with zero attached hydrogens (tertiary/aromatic N) is 1. The molecular formula is C12H18N4O3. The summed E-state index contributed by atoms with van der Waals surface area (Å²) < 4.78 is 6.14. The molecule has 0 aromatic carbocycles. The Morgan fingerprint density at radius 3 is 2.84 bits per heavy atom. The molecule has 1 heterocycles. The van der Waals surface area contributed by atoms with Gasteiger partial charge in [-0.25, -0.2) is 4.79 Å². The van der Waals surface area contributed by atoms with Gasteiger partial charge in [0.05, 0.1) is 13.2 Å². The zero-order valence-corrected chi connectivity index (χ0v) is 11.0. The fraction of sp³-hybridized carbons (Fsp3) is 0.500. The molecule has 1 atom stereocenters. The summed E-state index contributed by atoms with van der Waals surface area (Å²) in [7, 11) is 1.51. The molecule has 1 rings (SSSR count). The van der Waals surface area contributed by atoms with E-state index in [0.717, 1.165) is 0 Å². The van der Waals surface area contributed by atoms with Gasteiger partial charge in [-0.05, 0) is 6.92 Å². The van der Waals surface area contributed by atoms with E-state index in [9.17, 15) is 9.59 Å². The maximum absolute atomic E-state index is 11.7. The second-order valence-corrected chi connectivity index (χ2v) is 4.12. The van der Waals surface area contributed by atoms with E-state index in [1.165, 1.54) is 11.7 Å². The fourth-order valence-electron chi connectivity index (χ4n) is 1.61. The second kappa shape index (κ2) is 6.66. The van der Waals surface area contributed by atoms with Crippen molar-refractivity contribution in [1.82, 2.24) is 9.55 Å². The van der Waals surface area contributed by atoms with Gasteiger partial charge in [-0.1, -0.05) is 0 Å². The lowest BCUT2D eigenvalue weighted by molar-refractivity contribution is 0.186. The lowest BCUT2D eigenvalue weighted by Gasteiger charge is -2.16. The van der Waals surface area contributed by atoms with Crippen molar-refractivity contribution < 1.29 is 4.74 Å². The van der Waals surface area contributed by atoms with Crippen molar-refractivity contribution in [3.8, 4) is 12.3 Å². The van der Waals surface area contributed by atoms with Crippen LogP contribution in [0.25, 0.3) is 0 Å². The third-order valence-electron chi connectivity index (χ3n) is 2.57. The summed E-state index contributed by atoms with van der Waals surface area (Å²) in [6.45, 7) is 2.40. The van der Waals surface area contributed by atoms with Gasteiger partial charge in [0.25, 0.3) is 5.56 Å². The number of terminal acetylenes is 1. The predicted octanol–water partition coefficient (Wildman–Crippen LogP) is -0.411. The van der Waals surface area contributed by atoms with Crippen LogP contribution in [0.3, 0.4) is 0 Å². The summed E-state index contributed by atoms with van der Waals surface area (Å²) in [5.41, 5.74) is 4.88. The highest BCUT2D eigenvalue weighted by molar-refractivity contribution is 5.60. The smallest absolute Gasteiger partial charge is 0.330 e. The van der Waals surface area contributed by atoms with E-state index >= 15 is 0 Å². The fourth-order valence-corrected chi connectivity index (χ4v) is 1.61. The first kappa shape index (κ1) is 14.9. The number of nitrogens with two attached hydrogens (primary N) is 1. The SMILES string of the molecule is C#CCC(C)Nc1c(N)n(CCOC)c(=O)[nH]c1=O. The van der Waals surface area contributed by atoms with Crippen LogP contribution < -0.4 is 22.3 Å². The molecule has 0 aliphatic carbocycles. The molecular weight excluding hydrogens is 248 g/mol. The summed E-state index contributed by atoms with van der Waals surface area (Å²) in [5.74, 6) is 2.56. The summed E-state index contributed by atoms with van der Waals surface area (Å²) in [6.07, 6.45) is 5.64. The lowest BCUT2D eigenvalue weighted by atomic mass is 10.2. The molecule has 0 fully saturated rings. The molecule has 0 spiro atoms. The van der Waals surface area contributed by atoms with Gasteiger partial charge in [-0.3, -0.25) is 14.3 Å². The Labute approximate surface area is 110 Å². The van der Waals surface area contributed by atoms with E-state index in [1.807, 2.05) is 6.92 Å². The van der Waals surface area contributed by atoms with Crippen LogP contribution in [-0.4, -0.2) is 29.3 Å². The van der Waals surface area contributed by atoms with Crippen molar-refractivity contribution in [3.63, 3.8) is 0 Å². The van der Waals surface area contributed by atoms with Crippen LogP contribution in [-0.2, 0) is 11.3 Å². The topological polar surface area (TPSA) is 102 Å². The van der Waals surface area contributed by atoms with Crippen molar-refractivity contribution in [2.45, 2.75) is 25.9 Å². The molecule has 7 nitrogen and oxygen atoms in total. The Bertz CT molecular complexity index is 582. The Morgan fingerprint density at radius 1 is 1.58 bits per heavy atom. The molecule has 0 aliphatic heterocycles. The first-order valence-electron chi connectivity index (χ1n) is 5.82. The van der Waals surface area contributed by atoms with Crippen LogP contribution in [0.15, 0.2) is 9.59 Å². The minimum atomic E-state index is -0.560. The van der Waals surface area contributed by atoms with Crippen molar-refractivity contribution in [2.24, 2.45) is 0 Å². The number of methoxy groups -OCH3 is 1. The van der Waals surface area contributed by atoms with Crippen molar-refractivity contribution in [1.29, 1.82) is 0 Å². The molecule has 0 aliphatic rings. The van der Waals surface area contributed by atoms with Gasteiger partial charge in [0.2, 0.25) is 0 Å². The van der Waals surface area contributed by atoms with Gasteiger partial charge in [0, 0.05) is 19.6 Å². The van der Waals surface area contributed by atoms with Crippen molar-refractivity contribution in [3.05, 3.63) is 20.8 Å². The number of aromatic amines is 1. The molecule has 0 bridgehead atoms. The van der Waals surface area contributed by atoms with E-state index in [0.29, 0.717) is 13.0 Å². The highest BCUT2D eigenvalue weighted by Gasteiger charge is 2.13. The molecule has 0 radical (unpaired) electrons. The van der Waals surface area contributed by atoms with Crippen LogP contribution in [0.5, 0.6) is 0 Å². The second-order valence-electron chi connectivity index (χ2n) is 4.12. The van der Waals surface area contributed by atoms with Crippen LogP contribution in [0, 0.1) is 12.3 Å². The van der Waals surface area contributed by atoms with E-state index in [-0.39, 0.29) is 24.1 Å². The van der Waals surface area contributed by atoms with Gasteiger partial charge < -0.3 is 15.8 Å². The monoisotopic (exact) mass is 266 g/mol. The van der Waals surface area contributed by atoms with E-state index in [2.05, 4.69) is 16.2 Å². The van der Waals surface area contributed by atoms with Crippen LogP contribution >= 0.6 is 0 Å². The van der Waals surface area contributed by atoms with Crippen LogP contribution in [0.2, 0.25) is 0 Å². The Kier molecular flexibility index (Phi) is 5.21. The number of H-pyrrole nitrogens is 1. The predicted molar refractivity (Wildman–Crippen MR) is 74.1 cm³/mol. The Balaban J connectivity index is 3.14. The molecule has 0 saturated carbocycles. The average Bonchev–Trinajstić information content (AvgIpc) is 2.34. The molecule has 1 aromatic rings. The summed E-state index contributed by atoms with van der Waals surface area (Å²) in [6, 6.07) is -0.123. The maximum Gasteiger partial charge on any atom is 0.330 e. The lowest BCUT2D eigenvalue weighted by Crippen LogP contribution is -2.36. The number of hydrogen-bond donors (Lipinski definition) is 3. The minimum absolute atomic E-state index is 0.0784. The number of anilines is 2. The van der Waals surface area contributed by atoms with E-state index < -0.39 is 11.2 Å². The highest BCUT2D eigenvalue weighted by Crippen LogP contribution is 2.12. The highest BCUT2D eigenvalue weighted by atomic mass is 16.5. The quantitative estimate of drug-likeness (QED) is 0.607. The molecule has 19 heavy (non-hydrogen) atoms. The number of aromatic nitrogens is 2. The van der Waals surface area contributed by atoms with Crippen LogP contribution in [0.4, 0.5) is 11.5 Å². The van der Waals surface area contributed by atoms with E-state index in [4.69, 9.17) is 16.9 Å². The minimum Gasteiger partial charge on any atom is -0.383 e. The van der Waals surface area contributed by atoms with Gasteiger partial charge in [0.15, 0.2) is 0 Å². The molecule has 104 valence electrons. The van der Waals surface area contributed by atoms with Gasteiger partial charge in [-0.15, -0.1) is 12.3 Å². The third kappa shape index (κ3) is 3.63. The number of ether oxygens (including phenoxy) is 1. The number of hydrogen-bond acceptors (Lipinski definition) is 5. The Morgan fingerprint density at radius 2 is 2.26 bits per heavy atom. The van der Waals surface area contributed by atoms with E-state index in [1.54, 1.807) is 0 Å². The third-order valence-corrected chi connectivity index (χ3v) is 2.57. The molecule has 0 amide bonds. The number of nitrogens with one attached hydrogen (secondary N) is 2. The Hall–Kier alpha value is -2.20.